The van der Waals surface area contributed by atoms with Gasteiger partial charge in [-0.1, -0.05) is 25.1 Å². The van der Waals surface area contributed by atoms with Crippen molar-refractivity contribution in [2.24, 2.45) is 17.3 Å². The minimum absolute atomic E-state index is 0.249. The highest BCUT2D eigenvalue weighted by Crippen LogP contribution is 2.67. The van der Waals surface area contributed by atoms with Gasteiger partial charge in [0.25, 0.3) is 0 Å². The lowest BCUT2D eigenvalue weighted by Gasteiger charge is -2.63. The summed E-state index contributed by atoms with van der Waals surface area (Å²) >= 11 is 0. The molecule has 1 heterocycles. The van der Waals surface area contributed by atoms with E-state index in [-0.39, 0.29) is 11.5 Å². The van der Waals surface area contributed by atoms with E-state index in [1.54, 1.807) is 44.2 Å². The van der Waals surface area contributed by atoms with Crippen molar-refractivity contribution in [1.29, 1.82) is 0 Å². The van der Waals surface area contributed by atoms with Crippen molar-refractivity contribution in [3.05, 3.63) is 35.9 Å². The van der Waals surface area contributed by atoms with Crippen molar-refractivity contribution in [2.75, 3.05) is 6.61 Å². The molecule has 3 fully saturated rings. The van der Waals surface area contributed by atoms with E-state index in [4.69, 9.17) is 23.7 Å². The lowest BCUT2D eigenvalue weighted by molar-refractivity contribution is -0.313. The molecular weight excluding hydrogens is 496 g/mol. The third kappa shape index (κ3) is 4.27. The van der Waals surface area contributed by atoms with Crippen LogP contribution in [0.1, 0.15) is 64.7 Å². The molecule has 0 amide bonds. The predicted octanol–water partition coefficient (Wildman–Crippen LogP) is 2.59. The number of hydrogen-bond donors (Lipinski definition) is 1. The normalized spacial score (nSPS) is 36.9. The highest BCUT2D eigenvalue weighted by molar-refractivity contribution is 5.89. The molecule has 1 aromatic carbocycles. The standard InChI is InChI=1S/C28H36O10/c1-15-12-13-20(35-17(3)30)27(14-34-16(2)29)24(37-25(33)19-10-8-7-9-11-19)22(32)21-23(36-18(4)31)28(15,27)38-26(21,5)6/h7-11,15,20-24,32H,12-14H2,1-6H3/t15-,20+,21-,22-,23+,24-,27+,28-/m1/s1. The number of carbonyl (C=O) groups is 4. The Kier molecular flexibility index (Phi) is 7.35. The Bertz CT molecular complexity index is 1100. The second kappa shape index (κ2) is 9.96. The van der Waals surface area contributed by atoms with Crippen LogP contribution in [0.3, 0.4) is 0 Å². The van der Waals surface area contributed by atoms with E-state index in [1.807, 2.05) is 6.92 Å². The minimum Gasteiger partial charge on any atom is -0.465 e. The predicted molar refractivity (Wildman–Crippen MR) is 132 cm³/mol. The van der Waals surface area contributed by atoms with Crippen LogP contribution in [0.5, 0.6) is 0 Å². The van der Waals surface area contributed by atoms with Crippen LogP contribution >= 0.6 is 0 Å². The van der Waals surface area contributed by atoms with Gasteiger partial charge >= 0.3 is 23.9 Å². The van der Waals surface area contributed by atoms with Gasteiger partial charge in [0, 0.05) is 20.8 Å². The van der Waals surface area contributed by atoms with E-state index < -0.39 is 77.4 Å². The first-order valence-electron chi connectivity index (χ1n) is 12.9. The Morgan fingerprint density at radius 3 is 2.13 bits per heavy atom. The maximum absolute atomic E-state index is 13.4. The van der Waals surface area contributed by atoms with Crippen molar-refractivity contribution in [1.82, 2.24) is 0 Å². The first-order valence-corrected chi connectivity index (χ1v) is 12.9. The van der Waals surface area contributed by atoms with Gasteiger partial charge in [0.2, 0.25) is 0 Å². The van der Waals surface area contributed by atoms with Gasteiger partial charge in [-0.2, -0.15) is 0 Å². The quantitative estimate of drug-likeness (QED) is 0.430. The fourth-order valence-corrected chi connectivity index (χ4v) is 7.15. The average Bonchev–Trinajstić information content (AvgIpc) is 3.03. The van der Waals surface area contributed by atoms with Crippen LogP contribution in [0.4, 0.5) is 0 Å². The molecule has 1 aliphatic heterocycles. The van der Waals surface area contributed by atoms with E-state index in [0.717, 1.165) is 0 Å². The first-order chi connectivity index (χ1) is 17.8. The summed E-state index contributed by atoms with van der Waals surface area (Å²) in [4.78, 5) is 50.3. The summed E-state index contributed by atoms with van der Waals surface area (Å²) < 4.78 is 30.2. The second-order valence-electron chi connectivity index (χ2n) is 11.1. The number of rotatable bonds is 6. The Morgan fingerprint density at radius 2 is 1.55 bits per heavy atom. The third-order valence-electron chi connectivity index (χ3n) is 8.42. The monoisotopic (exact) mass is 532 g/mol. The van der Waals surface area contributed by atoms with Crippen LogP contribution in [-0.4, -0.2) is 71.2 Å². The molecule has 0 aromatic heterocycles. The highest BCUT2D eigenvalue weighted by Gasteiger charge is 2.83. The largest absolute Gasteiger partial charge is 0.465 e. The zero-order chi connectivity index (χ0) is 28.0. The summed E-state index contributed by atoms with van der Waals surface area (Å²) in [6.07, 6.45) is -3.92. The van der Waals surface area contributed by atoms with Crippen molar-refractivity contribution in [3.63, 3.8) is 0 Å². The Morgan fingerprint density at radius 1 is 0.921 bits per heavy atom. The van der Waals surface area contributed by atoms with Gasteiger partial charge < -0.3 is 28.8 Å². The summed E-state index contributed by atoms with van der Waals surface area (Å²) in [6.45, 7) is 8.79. The van der Waals surface area contributed by atoms with E-state index in [0.29, 0.717) is 12.8 Å². The molecule has 2 aliphatic carbocycles. The summed E-state index contributed by atoms with van der Waals surface area (Å²) in [6, 6.07) is 8.27. The minimum atomic E-state index is -1.60. The SMILES string of the molecule is CC(=O)OC[C@@]12[C@@H](OC(C)=O)CC[C@@H](C)[C@]13OC(C)(C)[C@H]([C@@H](O)[C@H]2OC(=O)c1ccccc1)[C@@H]3OC(C)=O. The van der Waals surface area contributed by atoms with Gasteiger partial charge in [-0.05, 0) is 44.7 Å². The van der Waals surface area contributed by atoms with Gasteiger partial charge in [0.15, 0.2) is 0 Å². The molecule has 0 unspecified atom stereocenters. The zero-order valence-corrected chi connectivity index (χ0v) is 22.6. The topological polar surface area (TPSA) is 135 Å². The molecule has 208 valence electrons. The number of ether oxygens (including phenoxy) is 5. The number of aliphatic hydroxyl groups excluding tert-OH is 1. The van der Waals surface area contributed by atoms with Crippen LogP contribution in [-0.2, 0) is 38.1 Å². The molecule has 4 rings (SSSR count). The summed E-state index contributed by atoms with van der Waals surface area (Å²) in [5.41, 5.74) is -3.84. The smallest absolute Gasteiger partial charge is 0.338 e. The molecular formula is C28H36O10. The van der Waals surface area contributed by atoms with Crippen LogP contribution in [0.2, 0.25) is 0 Å². The van der Waals surface area contributed by atoms with Crippen molar-refractivity contribution >= 4 is 23.9 Å². The summed E-state index contributed by atoms with van der Waals surface area (Å²) in [5, 5.41) is 11.9. The summed E-state index contributed by atoms with van der Waals surface area (Å²) in [5.74, 6) is -3.66. The van der Waals surface area contributed by atoms with E-state index >= 15 is 0 Å². The molecule has 1 aromatic rings. The Hall–Kier alpha value is -2.98. The molecule has 8 atom stereocenters. The fraction of sp³-hybridized carbons (Fsp3) is 0.643. The Labute approximate surface area is 221 Å². The highest BCUT2D eigenvalue weighted by atomic mass is 16.6. The number of carbonyl (C=O) groups excluding carboxylic acids is 4. The first kappa shape index (κ1) is 28.0. The van der Waals surface area contributed by atoms with Crippen LogP contribution in [0, 0.1) is 17.3 Å². The van der Waals surface area contributed by atoms with E-state index in [1.165, 1.54) is 20.8 Å². The zero-order valence-electron chi connectivity index (χ0n) is 22.6. The van der Waals surface area contributed by atoms with Gasteiger partial charge in [-0.15, -0.1) is 0 Å². The fourth-order valence-electron chi connectivity index (χ4n) is 7.15. The lowest BCUT2D eigenvalue weighted by atomic mass is 9.47. The van der Waals surface area contributed by atoms with Gasteiger partial charge in [-0.3, -0.25) is 14.4 Å². The van der Waals surface area contributed by atoms with Gasteiger partial charge in [0.05, 0.1) is 17.1 Å². The lowest BCUT2D eigenvalue weighted by Crippen LogP contribution is -2.79. The van der Waals surface area contributed by atoms with Crippen LogP contribution < -0.4 is 0 Å². The molecule has 2 bridgehead atoms. The number of aliphatic hydroxyl groups is 1. The molecule has 10 nitrogen and oxygen atoms in total. The second-order valence-corrected chi connectivity index (χ2v) is 11.1. The molecule has 1 spiro atoms. The number of benzene rings is 1. The van der Waals surface area contributed by atoms with E-state index in [2.05, 4.69) is 0 Å². The number of fused-ring (bicyclic) bond motifs is 1. The van der Waals surface area contributed by atoms with Crippen LogP contribution in [0.25, 0.3) is 0 Å². The van der Waals surface area contributed by atoms with Crippen molar-refractivity contribution in [2.45, 2.75) is 90.0 Å². The number of esters is 4. The van der Waals surface area contributed by atoms with Gasteiger partial charge in [-0.25, -0.2) is 4.79 Å². The molecule has 2 saturated carbocycles. The van der Waals surface area contributed by atoms with Gasteiger partial charge in [0.1, 0.15) is 42.0 Å². The molecule has 3 aliphatic rings. The molecule has 0 radical (unpaired) electrons. The molecule has 1 saturated heterocycles. The molecule has 1 N–H and O–H groups in total. The molecule has 10 heteroatoms. The van der Waals surface area contributed by atoms with Crippen molar-refractivity contribution in [3.8, 4) is 0 Å². The summed E-state index contributed by atoms with van der Waals surface area (Å²) in [7, 11) is 0. The van der Waals surface area contributed by atoms with Crippen molar-refractivity contribution < 1.29 is 48.0 Å². The Balaban J connectivity index is 1.99. The third-order valence-corrected chi connectivity index (χ3v) is 8.42. The molecule has 38 heavy (non-hydrogen) atoms. The van der Waals surface area contributed by atoms with E-state index in [9.17, 15) is 24.3 Å². The average molecular weight is 533 g/mol. The maximum atomic E-state index is 13.4. The number of hydrogen-bond acceptors (Lipinski definition) is 10. The maximum Gasteiger partial charge on any atom is 0.338 e. The van der Waals surface area contributed by atoms with Crippen LogP contribution in [0.15, 0.2) is 30.3 Å².